The number of benzene rings is 1. The smallest absolute Gasteiger partial charge is 0.251 e. The third kappa shape index (κ3) is 3.60. The molecule has 0 bridgehead atoms. The van der Waals surface area contributed by atoms with Crippen LogP contribution in [0.25, 0.3) is 11.3 Å². The Bertz CT molecular complexity index is 831. The lowest BCUT2D eigenvalue weighted by molar-refractivity contribution is 0.0950. The van der Waals surface area contributed by atoms with Gasteiger partial charge in [-0.15, -0.1) is 0 Å². The van der Waals surface area contributed by atoms with E-state index in [1.165, 1.54) is 0 Å². The van der Waals surface area contributed by atoms with Crippen LogP contribution in [0.3, 0.4) is 0 Å². The van der Waals surface area contributed by atoms with Crippen LogP contribution in [-0.4, -0.2) is 30.0 Å². The number of carbonyl (C=O) groups is 1. The van der Waals surface area contributed by atoms with Crippen molar-refractivity contribution in [2.45, 2.75) is 6.54 Å². The van der Waals surface area contributed by atoms with Crippen LogP contribution < -0.4 is 10.2 Å². The molecule has 5 nitrogen and oxygen atoms in total. The summed E-state index contributed by atoms with van der Waals surface area (Å²) in [6.07, 6.45) is 3.31. The maximum absolute atomic E-state index is 12.4. The van der Waals surface area contributed by atoms with Crippen molar-refractivity contribution < 1.29 is 4.79 Å². The molecule has 0 atom stereocenters. The van der Waals surface area contributed by atoms with Crippen LogP contribution in [-0.2, 0) is 6.54 Å². The normalized spacial score (nSPS) is 10.4. The summed E-state index contributed by atoms with van der Waals surface area (Å²) >= 11 is 1.61. The van der Waals surface area contributed by atoms with Crippen molar-refractivity contribution in [2.24, 2.45) is 0 Å². The highest BCUT2D eigenvalue weighted by molar-refractivity contribution is 7.08. The molecule has 0 radical (unpaired) electrons. The van der Waals surface area contributed by atoms with Gasteiger partial charge in [-0.3, -0.25) is 14.8 Å². The first-order chi connectivity index (χ1) is 11.6. The van der Waals surface area contributed by atoms with Crippen LogP contribution in [0.2, 0.25) is 0 Å². The second-order valence-corrected chi connectivity index (χ2v) is 6.27. The fourth-order valence-electron chi connectivity index (χ4n) is 2.33. The number of hydrogen-bond acceptors (Lipinski definition) is 5. The Kier molecular flexibility index (Phi) is 4.86. The minimum Gasteiger partial charge on any atom is -0.378 e. The van der Waals surface area contributed by atoms with Gasteiger partial charge in [-0.1, -0.05) is 6.07 Å². The number of rotatable bonds is 5. The van der Waals surface area contributed by atoms with E-state index in [1.54, 1.807) is 29.8 Å². The fraction of sp³-hybridized carbons (Fsp3) is 0.167. The number of aromatic nitrogens is 2. The largest absolute Gasteiger partial charge is 0.378 e. The molecule has 3 rings (SSSR count). The van der Waals surface area contributed by atoms with Crippen molar-refractivity contribution in [3.63, 3.8) is 0 Å². The van der Waals surface area contributed by atoms with E-state index in [-0.39, 0.29) is 5.91 Å². The number of hydrogen-bond donors (Lipinski definition) is 1. The highest BCUT2D eigenvalue weighted by atomic mass is 32.1. The number of thiophene rings is 1. The van der Waals surface area contributed by atoms with Gasteiger partial charge in [-0.25, -0.2) is 0 Å². The Morgan fingerprint density at radius 3 is 2.79 bits per heavy atom. The van der Waals surface area contributed by atoms with Gasteiger partial charge in [0.25, 0.3) is 5.91 Å². The number of amides is 1. The third-order valence-electron chi connectivity index (χ3n) is 3.61. The van der Waals surface area contributed by atoms with Gasteiger partial charge >= 0.3 is 0 Å². The molecule has 1 N–H and O–H groups in total. The molecule has 0 fully saturated rings. The summed E-state index contributed by atoms with van der Waals surface area (Å²) < 4.78 is 0. The third-order valence-corrected chi connectivity index (χ3v) is 4.29. The summed E-state index contributed by atoms with van der Waals surface area (Å²) in [6.45, 7) is 0.337. The molecule has 0 saturated heterocycles. The SMILES string of the molecule is CN(C)c1cccc(C(=O)NCc2nccnc2-c2ccsc2)c1. The summed E-state index contributed by atoms with van der Waals surface area (Å²) in [4.78, 5) is 23.1. The van der Waals surface area contributed by atoms with E-state index < -0.39 is 0 Å². The minimum absolute atomic E-state index is 0.124. The van der Waals surface area contributed by atoms with Crippen LogP contribution >= 0.6 is 11.3 Å². The van der Waals surface area contributed by atoms with E-state index in [2.05, 4.69) is 15.3 Å². The van der Waals surface area contributed by atoms with E-state index in [0.717, 1.165) is 22.6 Å². The van der Waals surface area contributed by atoms with Gasteiger partial charge in [0, 0.05) is 48.7 Å². The first-order valence-corrected chi connectivity index (χ1v) is 8.47. The van der Waals surface area contributed by atoms with E-state index in [4.69, 9.17) is 0 Å². The van der Waals surface area contributed by atoms with E-state index in [0.29, 0.717) is 12.1 Å². The highest BCUT2D eigenvalue weighted by Gasteiger charge is 2.11. The average molecular weight is 338 g/mol. The van der Waals surface area contributed by atoms with E-state index in [1.807, 2.05) is 54.0 Å². The molecular formula is C18H18N4OS. The Hall–Kier alpha value is -2.73. The Morgan fingerprint density at radius 1 is 1.21 bits per heavy atom. The molecule has 1 aromatic carbocycles. The molecule has 24 heavy (non-hydrogen) atoms. The van der Waals surface area contributed by atoms with E-state index in [9.17, 15) is 4.79 Å². The molecular weight excluding hydrogens is 320 g/mol. The topological polar surface area (TPSA) is 58.1 Å². The van der Waals surface area contributed by atoms with Crippen molar-refractivity contribution >= 4 is 22.9 Å². The summed E-state index contributed by atoms with van der Waals surface area (Å²) in [6, 6.07) is 9.52. The number of nitrogens with zero attached hydrogens (tertiary/aromatic N) is 3. The van der Waals surface area contributed by atoms with Crippen molar-refractivity contribution in [1.82, 2.24) is 15.3 Å². The molecule has 1 amide bonds. The van der Waals surface area contributed by atoms with Gasteiger partial charge < -0.3 is 10.2 Å². The molecule has 2 heterocycles. The number of anilines is 1. The lowest BCUT2D eigenvalue weighted by Crippen LogP contribution is -2.24. The van der Waals surface area contributed by atoms with Gasteiger partial charge in [-0.2, -0.15) is 11.3 Å². The molecule has 0 aliphatic rings. The molecule has 2 aromatic heterocycles. The zero-order valence-electron chi connectivity index (χ0n) is 13.6. The lowest BCUT2D eigenvalue weighted by Gasteiger charge is -2.13. The van der Waals surface area contributed by atoms with Gasteiger partial charge in [0.15, 0.2) is 0 Å². The van der Waals surface area contributed by atoms with Crippen LogP contribution in [0.15, 0.2) is 53.5 Å². The van der Waals surface area contributed by atoms with Crippen LogP contribution in [0.1, 0.15) is 16.1 Å². The average Bonchev–Trinajstić information content (AvgIpc) is 3.14. The van der Waals surface area contributed by atoms with Crippen molar-refractivity contribution in [2.75, 3.05) is 19.0 Å². The lowest BCUT2D eigenvalue weighted by atomic mass is 10.1. The summed E-state index contributed by atoms with van der Waals surface area (Å²) in [7, 11) is 3.90. The monoisotopic (exact) mass is 338 g/mol. The molecule has 0 saturated carbocycles. The Morgan fingerprint density at radius 2 is 2.04 bits per heavy atom. The van der Waals surface area contributed by atoms with Gasteiger partial charge in [0.2, 0.25) is 0 Å². The summed E-state index contributed by atoms with van der Waals surface area (Å²) in [5.41, 5.74) is 4.20. The molecule has 0 spiro atoms. The zero-order chi connectivity index (χ0) is 16.9. The first kappa shape index (κ1) is 16.1. The maximum atomic E-state index is 12.4. The standard InChI is InChI=1S/C18H18N4OS/c1-22(2)15-5-3-4-13(10-15)18(23)21-11-16-17(20-8-7-19-16)14-6-9-24-12-14/h3-10,12H,11H2,1-2H3,(H,21,23). The Balaban J connectivity index is 1.75. The second-order valence-electron chi connectivity index (χ2n) is 5.49. The quantitative estimate of drug-likeness (QED) is 0.776. The zero-order valence-corrected chi connectivity index (χ0v) is 14.4. The van der Waals surface area contributed by atoms with E-state index >= 15 is 0 Å². The second kappa shape index (κ2) is 7.23. The summed E-state index contributed by atoms with van der Waals surface area (Å²) in [5, 5.41) is 6.95. The number of nitrogens with one attached hydrogen (secondary N) is 1. The van der Waals surface area contributed by atoms with Crippen LogP contribution in [0.5, 0.6) is 0 Å². The molecule has 122 valence electrons. The molecule has 0 aliphatic carbocycles. The van der Waals surface area contributed by atoms with Gasteiger partial charge in [0.1, 0.15) is 0 Å². The van der Waals surface area contributed by atoms with Gasteiger partial charge in [0.05, 0.1) is 17.9 Å². The Labute approximate surface area is 145 Å². The van der Waals surface area contributed by atoms with Gasteiger partial charge in [-0.05, 0) is 29.6 Å². The molecule has 0 unspecified atom stereocenters. The minimum atomic E-state index is -0.124. The maximum Gasteiger partial charge on any atom is 0.251 e. The van der Waals surface area contributed by atoms with Crippen LogP contribution in [0, 0.1) is 0 Å². The summed E-state index contributed by atoms with van der Waals surface area (Å²) in [5.74, 6) is -0.124. The molecule has 0 aliphatic heterocycles. The predicted octanol–water partition coefficient (Wildman–Crippen LogP) is 3.20. The predicted molar refractivity (Wildman–Crippen MR) is 97.3 cm³/mol. The van der Waals surface area contributed by atoms with Crippen molar-refractivity contribution in [3.8, 4) is 11.3 Å². The fourth-order valence-corrected chi connectivity index (χ4v) is 2.97. The van der Waals surface area contributed by atoms with Crippen LogP contribution in [0.4, 0.5) is 5.69 Å². The highest BCUT2D eigenvalue weighted by Crippen LogP contribution is 2.22. The van der Waals surface area contributed by atoms with Crippen molar-refractivity contribution in [3.05, 3.63) is 64.7 Å². The molecule has 6 heteroatoms. The first-order valence-electron chi connectivity index (χ1n) is 7.53. The number of carbonyl (C=O) groups excluding carboxylic acids is 1. The molecule has 3 aromatic rings. The van der Waals surface area contributed by atoms with Crippen molar-refractivity contribution in [1.29, 1.82) is 0 Å².